The van der Waals surface area contributed by atoms with E-state index in [1.165, 1.54) is 0 Å². The van der Waals surface area contributed by atoms with Gasteiger partial charge in [-0.25, -0.2) is 4.68 Å². The Hall–Kier alpha value is -1.43. The third kappa shape index (κ3) is 2.87. The number of carbonyl (C=O) groups is 1. The topological polar surface area (TPSA) is 63.1 Å². The van der Waals surface area contributed by atoms with Gasteiger partial charge in [0.2, 0.25) is 0 Å². The predicted molar refractivity (Wildman–Crippen MR) is 68.4 cm³/mol. The minimum atomic E-state index is -0.0374. The monoisotopic (exact) mass is 251 g/mol. The van der Waals surface area contributed by atoms with Crippen molar-refractivity contribution in [2.24, 2.45) is 0 Å². The first-order valence-electron chi connectivity index (χ1n) is 6.60. The number of unbranched alkanes of at least 4 members (excludes halogenated alkanes) is 2. The zero-order valence-electron chi connectivity index (χ0n) is 11.1. The molecule has 1 saturated heterocycles. The summed E-state index contributed by atoms with van der Waals surface area (Å²) >= 11 is 0. The standard InChI is InChI=1S/C12H21N5O/c1-3-4-5-6-16(2)12(18)11-9-17(15-14-11)10-7-13-8-10/h9-10,13H,3-8H2,1-2H3. The molecular weight excluding hydrogens is 230 g/mol. The van der Waals surface area contributed by atoms with Crippen molar-refractivity contribution in [3.8, 4) is 0 Å². The number of hydrogen-bond donors (Lipinski definition) is 1. The van der Waals surface area contributed by atoms with Gasteiger partial charge in [-0.3, -0.25) is 4.79 Å². The predicted octanol–water partition coefficient (Wildman–Crippen LogP) is 0.685. The maximum Gasteiger partial charge on any atom is 0.275 e. The molecule has 0 unspecified atom stereocenters. The molecule has 0 saturated carbocycles. The first kappa shape index (κ1) is 13.0. The normalized spacial score (nSPS) is 15.4. The maximum absolute atomic E-state index is 12.1. The largest absolute Gasteiger partial charge is 0.340 e. The first-order valence-corrected chi connectivity index (χ1v) is 6.60. The highest BCUT2D eigenvalue weighted by Gasteiger charge is 2.22. The zero-order chi connectivity index (χ0) is 13.0. The lowest BCUT2D eigenvalue weighted by Gasteiger charge is -2.26. The molecule has 0 aromatic carbocycles. The van der Waals surface area contributed by atoms with Crippen LogP contribution in [0.3, 0.4) is 0 Å². The molecule has 1 amide bonds. The van der Waals surface area contributed by atoms with Gasteiger partial charge in [-0.2, -0.15) is 0 Å². The van der Waals surface area contributed by atoms with E-state index in [0.29, 0.717) is 11.7 Å². The highest BCUT2D eigenvalue weighted by atomic mass is 16.2. The molecule has 0 atom stereocenters. The Balaban J connectivity index is 1.89. The Bertz CT molecular complexity index is 399. The van der Waals surface area contributed by atoms with E-state index >= 15 is 0 Å². The molecule has 2 rings (SSSR count). The van der Waals surface area contributed by atoms with Crippen LogP contribution in [0.1, 0.15) is 42.7 Å². The van der Waals surface area contributed by atoms with Crippen molar-refractivity contribution in [1.29, 1.82) is 0 Å². The van der Waals surface area contributed by atoms with Crippen molar-refractivity contribution in [3.63, 3.8) is 0 Å². The molecule has 100 valence electrons. The van der Waals surface area contributed by atoms with Gasteiger partial charge in [0.1, 0.15) is 0 Å². The molecule has 0 bridgehead atoms. The molecule has 0 spiro atoms. The van der Waals surface area contributed by atoms with Crippen molar-refractivity contribution in [2.75, 3.05) is 26.7 Å². The Morgan fingerprint density at radius 3 is 2.94 bits per heavy atom. The lowest BCUT2D eigenvalue weighted by atomic mass is 10.2. The van der Waals surface area contributed by atoms with Crippen LogP contribution in [0.4, 0.5) is 0 Å². The summed E-state index contributed by atoms with van der Waals surface area (Å²) in [6.07, 6.45) is 5.11. The second-order valence-corrected chi connectivity index (χ2v) is 4.83. The van der Waals surface area contributed by atoms with Gasteiger partial charge in [0.15, 0.2) is 5.69 Å². The number of rotatable bonds is 6. The third-order valence-corrected chi connectivity index (χ3v) is 3.31. The van der Waals surface area contributed by atoms with E-state index in [2.05, 4.69) is 22.6 Å². The molecule has 2 heterocycles. The van der Waals surface area contributed by atoms with E-state index in [0.717, 1.165) is 38.9 Å². The summed E-state index contributed by atoms with van der Waals surface area (Å²) < 4.78 is 1.78. The highest BCUT2D eigenvalue weighted by Crippen LogP contribution is 2.10. The number of hydrogen-bond acceptors (Lipinski definition) is 4. The summed E-state index contributed by atoms with van der Waals surface area (Å²) in [5, 5.41) is 11.2. The first-order chi connectivity index (χ1) is 8.72. The average Bonchev–Trinajstić information content (AvgIpc) is 2.75. The summed E-state index contributed by atoms with van der Waals surface area (Å²) in [6.45, 7) is 4.75. The number of nitrogens with zero attached hydrogens (tertiary/aromatic N) is 4. The fraction of sp³-hybridized carbons (Fsp3) is 0.750. The quantitative estimate of drug-likeness (QED) is 0.755. The van der Waals surface area contributed by atoms with Crippen LogP contribution in [0.15, 0.2) is 6.20 Å². The van der Waals surface area contributed by atoms with Gasteiger partial charge in [0, 0.05) is 26.7 Å². The molecule has 0 radical (unpaired) electrons. The molecule has 1 aliphatic rings. The van der Waals surface area contributed by atoms with Gasteiger partial charge < -0.3 is 10.2 Å². The summed E-state index contributed by atoms with van der Waals surface area (Å²) in [5.41, 5.74) is 0.445. The van der Waals surface area contributed by atoms with Crippen LogP contribution in [-0.4, -0.2) is 52.5 Å². The summed E-state index contributed by atoms with van der Waals surface area (Å²) in [7, 11) is 1.82. The second-order valence-electron chi connectivity index (χ2n) is 4.83. The molecule has 1 aromatic rings. The fourth-order valence-electron chi connectivity index (χ4n) is 1.91. The van der Waals surface area contributed by atoms with E-state index in [4.69, 9.17) is 0 Å². The molecule has 0 aliphatic carbocycles. The van der Waals surface area contributed by atoms with Crippen molar-refractivity contribution >= 4 is 5.91 Å². The summed E-state index contributed by atoms with van der Waals surface area (Å²) in [4.78, 5) is 13.8. The Morgan fingerprint density at radius 2 is 2.33 bits per heavy atom. The fourth-order valence-corrected chi connectivity index (χ4v) is 1.91. The van der Waals surface area contributed by atoms with Crippen LogP contribution in [0.25, 0.3) is 0 Å². The van der Waals surface area contributed by atoms with Gasteiger partial charge in [-0.1, -0.05) is 25.0 Å². The number of nitrogens with one attached hydrogen (secondary N) is 1. The number of amides is 1. The van der Waals surface area contributed by atoms with Gasteiger partial charge in [0.25, 0.3) is 5.91 Å². The van der Waals surface area contributed by atoms with Gasteiger partial charge in [-0.05, 0) is 6.42 Å². The van der Waals surface area contributed by atoms with Crippen LogP contribution in [0, 0.1) is 0 Å². The van der Waals surface area contributed by atoms with Crippen LogP contribution in [0.2, 0.25) is 0 Å². The maximum atomic E-state index is 12.1. The Kier molecular flexibility index (Phi) is 4.30. The van der Waals surface area contributed by atoms with Gasteiger partial charge >= 0.3 is 0 Å². The van der Waals surface area contributed by atoms with E-state index in [9.17, 15) is 4.79 Å². The smallest absolute Gasteiger partial charge is 0.275 e. The molecule has 18 heavy (non-hydrogen) atoms. The molecule has 6 nitrogen and oxygen atoms in total. The minimum Gasteiger partial charge on any atom is -0.340 e. The van der Waals surface area contributed by atoms with E-state index in [1.54, 1.807) is 15.8 Å². The lowest BCUT2D eigenvalue weighted by Crippen LogP contribution is -2.43. The molecule has 1 aliphatic heterocycles. The Labute approximate surface area is 107 Å². The van der Waals surface area contributed by atoms with Crippen LogP contribution >= 0.6 is 0 Å². The van der Waals surface area contributed by atoms with Crippen LogP contribution < -0.4 is 5.32 Å². The summed E-state index contributed by atoms with van der Waals surface area (Å²) in [6, 6.07) is 0.351. The van der Waals surface area contributed by atoms with Gasteiger partial charge in [-0.15, -0.1) is 5.10 Å². The molecule has 6 heteroatoms. The van der Waals surface area contributed by atoms with Crippen molar-refractivity contribution in [3.05, 3.63) is 11.9 Å². The minimum absolute atomic E-state index is 0.0374. The van der Waals surface area contributed by atoms with Crippen molar-refractivity contribution in [2.45, 2.75) is 32.2 Å². The molecule has 1 N–H and O–H groups in total. The number of aromatic nitrogens is 3. The third-order valence-electron chi connectivity index (χ3n) is 3.31. The van der Waals surface area contributed by atoms with E-state index in [1.807, 2.05) is 7.05 Å². The van der Waals surface area contributed by atoms with Gasteiger partial charge in [0.05, 0.1) is 12.2 Å². The number of carbonyl (C=O) groups excluding carboxylic acids is 1. The highest BCUT2D eigenvalue weighted by molar-refractivity contribution is 5.91. The molecular formula is C12H21N5O. The zero-order valence-corrected chi connectivity index (χ0v) is 11.1. The SMILES string of the molecule is CCCCCN(C)C(=O)c1cn(C2CNC2)nn1. The lowest BCUT2D eigenvalue weighted by molar-refractivity contribution is 0.0786. The van der Waals surface area contributed by atoms with E-state index in [-0.39, 0.29) is 5.91 Å². The van der Waals surface area contributed by atoms with Crippen LogP contribution in [0.5, 0.6) is 0 Å². The Morgan fingerprint density at radius 1 is 1.56 bits per heavy atom. The average molecular weight is 251 g/mol. The molecule has 1 aromatic heterocycles. The van der Waals surface area contributed by atoms with E-state index < -0.39 is 0 Å². The van der Waals surface area contributed by atoms with Crippen molar-refractivity contribution in [1.82, 2.24) is 25.2 Å². The summed E-state index contributed by atoms with van der Waals surface area (Å²) in [5.74, 6) is -0.0374. The van der Waals surface area contributed by atoms with Crippen LogP contribution in [-0.2, 0) is 0 Å². The second kappa shape index (κ2) is 5.95. The van der Waals surface area contributed by atoms with Crippen molar-refractivity contribution < 1.29 is 4.79 Å². The molecule has 1 fully saturated rings.